The summed E-state index contributed by atoms with van der Waals surface area (Å²) in [6, 6.07) is 8.82. The van der Waals surface area contributed by atoms with Crippen molar-refractivity contribution in [1.29, 1.82) is 0 Å². The number of anilines is 2. The summed E-state index contributed by atoms with van der Waals surface area (Å²) in [5, 5.41) is 3.60. The summed E-state index contributed by atoms with van der Waals surface area (Å²) in [6.07, 6.45) is 6.56. The van der Waals surface area contributed by atoms with E-state index in [2.05, 4.69) is 55.4 Å². The molecule has 0 unspecified atom stereocenters. The lowest BCUT2D eigenvalue weighted by molar-refractivity contribution is 0.360. The molecule has 3 heterocycles. The van der Waals surface area contributed by atoms with Crippen LogP contribution in [-0.4, -0.2) is 24.6 Å². The van der Waals surface area contributed by atoms with Gasteiger partial charge in [-0.25, -0.2) is 0 Å². The summed E-state index contributed by atoms with van der Waals surface area (Å²) < 4.78 is 1.15. The van der Waals surface area contributed by atoms with E-state index >= 15 is 0 Å². The van der Waals surface area contributed by atoms with E-state index < -0.39 is 0 Å². The van der Waals surface area contributed by atoms with Gasteiger partial charge in [0.1, 0.15) is 5.82 Å². The molecule has 4 nitrogen and oxygen atoms in total. The third kappa shape index (κ3) is 2.59. The maximum atomic E-state index is 12.5. The Labute approximate surface area is 162 Å². The largest absolute Gasteiger partial charge is 0.384 e. The van der Waals surface area contributed by atoms with Gasteiger partial charge in [-0.1, -0.05) is 15.9 Å². The van der Waals surface area contributed by atoms with Gasteiger partial charge in [0.05, 0.1) is 0 Å². The fourth-order valence-electron chi connectivity index (χ4n) is 5.00. The van der Waals surface area contributed by atoms with E-state index in [0.29, 0.717) is 0 Å². The van der Waals surface area contributed by atoms with Gasteiger partial charge in [0.25, 0.3) is 5.56 Å². The van der Waals surface area contributed by atoms with E-state index in [0.717, 1.165) is 67.6 Å². The highest BCUT2D eigenvalue weighted by Gasteiger charge is 2.41. The molecule has 1 aliphatic carbocycles. The third-order valence-corrected chi connectivity index (χ3v) is 7.06. The Kier molecular flexibility index (Phi) is 3.89. The number of nitrogens with zero attached hydrogens (tertiary/aromatic N) is 1. The van der Waals surface area contributed by atoms with Crippen LogP contribution in [0.4, 0.5) is 11.5 Å². The Morgan fingerprint density at radius 1 is 1.08 bits per heavy atom. The number of piperidine rings is 1. The van der Waals surface area contributed by atoms with Crippen molar-refractivity contribution >= 4 is 27.4 Å². The number of rotatable bonds is 1. The molecule has 2 N–H and O–H groups in total. The quantitative estimate of drug-likeness (QED) is 0.742. The van der Waals surface area contributed by atoms with Crippen LogP contribution in [0.15, 0.2) is 33.5 Å². The maximum Gasteiger partial charge on any atom is 0.252 e. The predicted molar refractivity (Wildman–Crippen MR) is 109 cm³/mol. The lowest BCUT2D eigenvalue weighted by Crippen LogP contribution is -2.44. The number of pyridine rings is 1. The van der Waals surface area contributed by atoms with Crippen LogP contribution in [0, 0.1) is 0 Å². The molecular weight excluding hydrogens is 390 g/mol. The molecule has 26 heavy (non-hydrogen) atoms. The van der Waals surface area contributed by atoms with Gasteiger partial charge < -0.3 is 15.2 Å². The van der Waals surface area contributed by atoms with Gasteiger partial charge in [0, 0.05) is 40.8 Å². The van der Waals surface area contributed by atoms with Crippen LogP contribution in [0.2, 0.25) is 0 Å². The highest BCUT2D eigenvalue weighted by atomic mass is 79.9. The minimum atomic E-state index is 0.134. The SMILES string of the molecule is O=c1[nH]c(N2CCC3(CC2)CNc2ccc(Br)cc23)cc2c1CCCC2. The molecule has 5 rings (SSSR count). The number of aromatic amines is 1. The van der Waals surface area contributed by atoms with Crippen molar-refractivity contribution in [1.82, 2.24) is 4.98 Å². The van der Waals surface area contributed by atoms with Gasteiger partial charge in [-0.15, -0.1) is 0 Å². The summed E-state index contributed by atoms with van der Waals surface area (Å²) in [4.78, 5) is 18.0. The van der Waals surface area contributed by atoms with Crippen molar-refractivity contribution in [3.8, 4) is 0 Å². The minimum absolute atomic E-state index is 0.134. The molecule has 2 aliphatic heterocycles. The minimum Gasteiger partial charge on any atom is -0.384 e. The molecule has 5 heteroatoms. The van der Waals surface area contributed by atoms with Crippen molar-refractivity contribution < 1.29 is 0 Å². The molecule has 1 spiro atoms. The third-order valence-electron chi connectivity index (χ3n) is 6.57. The van der Waals surface area contributed by atoms with Crippen LogP contribution in [0.25, 0.3) is 0 Å². The first-order valence-electron chi connectivity index (χ1n) is 9.69. The summed E-state index contributed by atoms with van der Waals surface area (Å²) in [5.41, 5.74) is 5.38. The van der Waals surface area contributed by atoms with Gasteiger partial charge in [-0.3, -0.25) is 4.79 Å². The zero-order valence-electron chi connectivity index (χ0n) is 14.9. The second-order valence-corrected chi connectivity index (χ2v) is 8.92. The molecule has 1 aromatic carbocycles. The number of aromatic nitrogens is 1. The molecule has 136 valence electrons. The average Bonchev–Trinajstić information content (AvgIpc) is 3.00. The second kappa shape index (κ2) is 6.15. The molecule has 1 saturated heterocycles. The fourth-order valence-corrected chi connectivity index (χ4v) is 5.36. The van der Waals surface area contributed by atoms with E-state index in [1.54, 1.807) is 0 Å². The lowest BCUT2D eigenvalue weighted by atomic mass is 9.74. The van der Waals surface area contributed by atoms with Gasteiger partial charge in [-0.05, 0) is 73.9 Å². The zero-order chi connectivity index (χ0) is 17.7. The highest BCUT2D eigenvalue weighted by molar-refractivity contribution is 9.10. The van der Waals surface area contributed by atoms with Crippen molar-refractivity contribution in [3.05, 3.63) is 55.8 Å². The first-order valence-corrected chi connectivity index (χ1v) is 10.5. The van der Waals surface area contributed by atoms with Crippen LogP contribution >= 0.6 is 15.9 Å². The number of halogens is 1. The van der Waals surface area contributed by atoms with Gasteiger partial charge in [0.2, 0.25) is 0 Å². The summed E-state index contributed by atoms with van der Waals surface area (Å²) in [6.45, 7) is 3.00. The standard InChI is InChI=1S/C21H24BrN3O/c22-15-5-6-18-17(12-15)21(13-23-18)7-9-25(10-8-21)19-11-14-3-1-2-4-16(14)20(26)24-19/h5-6,11-12,23H,1-4,7-10,13H2,(H,24,26). The molecule has 0 amide bonds. The number of aryl methyl sites for hydroxylation is 1. The highest BCUT2D eigenvalue weighted by Crippen LogP contribution is 2.45. The van der Waals surface area contributed by atoms with Crippen LogP contribution in [0.5, 0.6) is 0 Å². The van der Waals surface area contributed by atoms with Gasteiger partial charge in [-0.2, -0.15) is 0 Å². The molecule has 1 fully saturated rings. The molecule has 0 atom stereocenters. The Hall–Kier alpha value is -1.75. The molecule has 1 aromatic heterocycles. The summed E-state index contributed by atoms with van der Waals surface area (Å²) in [7, 11) is 0. The molecule has 0 saturated carbocycles. The Morgan fingerprint density at radius 2 is 1.88 bits per heavy atom. The van der Waals surface area contributed by atoms with E-state index in [-0.39, 0.29) is 11.0 Å². The molecular formula is C21H24BrN3O. The van der Waals surface area contributed by atoms with Crippen LogP contribution in [0.3, 0.4) is 0 Å². The fraction of sp³-hybridized carbons (Fsp3) is 0.476. The van der Waals surface area contributed by atoms with Crippen LogP contribution < -0.4 is 15.8 Å². The van der Waals surface area contributed by atoms with E-state index in [1.807, 2.05) is 0 Å². The van der Waals surface area contributed by atoms with Crippen molar-refractivity contribution in [2.75, 3.05) is 29.9 Å². The topological polar surface area (TPSA) is 48.1 Å². The lowest BCUT2D eigenvalue weighted by Gasteiger charge is -2.40. The summed E-state index contributed by atoms with van der Waals surface area (Å²) >= 11 is 3.63. The van der Waals surface area contributed by atoms with Gasteiger partial charge >= 0.3 is 0 Å². The molecule has 3 aliphatic rings. The van der Waals surface area contributed by atoms with Crippen molar-refractivity contribution in [2.45, 2.75) is 43.9 Å². The second-order valence-electron chi connectivity index (χ2n) is 8.01. The smallest absolute Gasteiger partial charge is 0.252 e. The zero-order valence-corrected chi connectivity index (χ0v) is 16.5. The summed E-state index contributed by atoms with van der Waals surface area (Å²) in [5.74, 6) is 1.02. The Morgan fingerprint density at radius 3 is 2.73 bits per heavy atom. The number of benzene rings is 1. The van der Waals surface area contributed by atoms with Crippen molar-refractivity contribution in [2.24, 2.45) is 0 Å². The first-order chi connectivity index (χ1) is 12.6. The predicted octanol–water partition coefficient (Wildman–Crippen LogP) is 3.98. The van der Waals surface area contributed by atoms with E-state index in [4.69, 9.17) is 0 Å². The Bertz CT molecular complexity index is 912. The van der Waals surface area contributed by atoms with E-state index in [9.17, 15) is 4.79 Å². The van der Waals surface area contributed by atoms with Crippen molar-refractivity contribution in [3.63, 3.8) is 0 Å². The number of H-pyrrole nitrogens is 1. The normalized spacial score (nSPS) is 20.6. The van der Waals surface area contributed by atoms with Crippen LogP contribution in [-0.2, 0) is 18.3 Å². The average molecular weight is 414 g/mol. The molecule has 2 aromatic rings. The Balaban J connectivity index is 1.40. The monoisotopic (exact) mass is 413 g/mol. The van der Waals surface area contributed by atoms with Crippen LogP contribution in [0.1, 0.15) is 42.4 Å². The first kappa shape index (κ1) is 16.4. The van der Waals surface area contributed by atoms with E-state index in [1.165, 1.54) is 23.2 Å². The maximum absolute atomic E-state index is 12.5. The molecule has 0 radical (unpaired) electrons. The number of hydrogen-bond acceptors (Lipinski definition) is 3. The number of fused-ring (bicyclic) bond motifs is 3. The number of nitrogens with one attached hydrogen (secondary N) is 2. The molecule has 0 bridgehead atoms. The number of hydrogen-bond donors (Lipinski definition) is 2. The van der Waals surface area contributed by atoms with Gasteiger partial charge in [0.15, 0.2) is 0 Å².